The van der Waals surface area contributed by atoms with Crippen LogP contribution in [-0.2, 0) is 16.2 Å². The van der Waals surface area contributed by atoms with Gasteiger partial charge in [-0.25, -0.2) is 4.79 Å². The van der Waals surface area contributed by atoms with E-state index in [1.54, 1.807) is 49.5 Å². The van der Waals surface area contributed by atoms with E-state index in [4.69, 9.17) is 32.7 Å². The van der Waals surface area contributed by atoms with Crippen molar-refractivity contribution in [2.75, 3.05) is 19.1 Å². The summed E-state index contributed by atoms with van der Waals surface area (Å²) in [6.07, 6.45) is 0. The van der Waals surface area contributed by atoms with Crippen LogP contribution in [0.1, 0.15) is 27.0 Å². The number of nitrogens with zero attached hydrogens (tertiary/aromatic N) is 1. The zero-order chi connectivity index (χ0) is 23.0. The molecule has 0 bridgehead atoms. The van der Waals surface area contributed by atoms with Crippen molar-refractivity contribution in [3.05, 3.63) is 87.9 Å². The van der Waals surface area contributed by atoms with Gasteiger partial charge in [-0.1, -0.05) is 41.4 Å². The molecule has 3 aromatic rings. The Bertz CT molecular complexity index is 1230. The molecule has 0 fully saturated rings. The number of hydrogen-bond acceptors (Lipinski definition) is 4. The van der Waals surface area contributed by atoms with E-state index in [1.807, 2.05) is 12.1 Å². The molecule has 0 aromatic heterocycles. The third-order valence-corrected chi connectivity index (χ3v) is 6.41. The van der Waals surface area contributed by atoms with Crippen LogP contribution in [0.15, 0.2) is 60.7 Å². The third kappa shape index (κ3) is 3.45. The molecule has 1 aliphatic rings. The molecule has 1 N–H and O–H groups in total. The van der Waals surface area contributed by atoms with Crippen molar-refractivity contribution >= 4 is 40.8 Å². The van der Waals surface area contributed by atoms with E-state index in [0.717, 1.165) is 5.56 Å². The summed E-state index contributed by atoms with van der Waals surface area (Å²) in [5, 5.41) is 9.64. The number of aromatic carboxylic acids is 1. The molecule has 0 spiro atoms. The maximum Gasteiger partial charge on any atom is 0.335 e. The summed E-state index contributed by atoms with van der Waals surface area (Å²) >= 11 is 13.4. The molecule has 0 aliphatic carbocycles. The number of para-hydroxylation sites is 1. The second kappa shape index (κ2) is 8.37. The molecule has 0 radical (unpaired) electrons. The molecule has 6 nitrogen and oxygen atoms in total. The van der Waals surface area contributed by atoms with Crippen LogP contribution in [0.5, 0.6) is 11.5 Å². The van der Waals surface area contributed by atoms with Gasteiger partial charge >= 0.3 is 5.97 Å². The lowest BCUT2D eigenvalue weighted by atomic mass is 9.90. The van der Waals surface area contributed by atoms with Gasteiger partial charge in [-0.15, -0.1) is 0 Å². The van der Waals surface area contributed by atoms with Crippen LogP contribution < -0.4 is 14.4 Å². The number of alkyl halides is 1. The van der Waals surface area contributed by atoms with Crippen LogP contribution in [0, 0.1) is 0 Å². The van der Waals surface area contributed by atoms with Gasteiger partial charge in [0, 0.05) is 33.5 Å². The van der Waals surface area contributed by atoms with Crippen molar-refractivity contribution in [1.29, 1.82) is 0 Å². The fraction of sp³-hybridized carbons (Fsp3) is 0.167. The van der Waals surface area contributed by atoms with E-state index in [9.17, 15) is 14.7 Å². The Hall–Kier alpha value is -3.22. The SMILES string of the molecule is COc1ccc(CN2C(=O)C(Cl)(c3cc(C(=O)O)ccc3Cl)c3ccccc32)c(OC)c1. The Kier molecular flexibility index (Phi) is 5.75. The van der Waals surface area contributed by atoms with Crippen LogP contribution in [0.4, 0.5) is 5.69 Å². The zero-order valence-electron chi connectivity index (χ0n) is 17.3. The van der Waals surface area contributed by atoms with Gasteiger partial charge in [0.05, 0.1) is 26.3 Å². The first-order chi connectivity index (χ1) is 15.3. The van der Waals surface area contributed by atoms with Gasteiger partial charge in [-0.2, -0.15) is 0 Å². The number of carboxylic acid groups (broad SMARTS) is 1. The first-order valence-electron chi connectivity index (χ1n) is 9.65. The Morgan fingerprint density at radius 2 is 1.78 bits per heavy atom. The fourth-order valence-corrected chi connectivity index (χ4v) is 4.63. The number of carboxylic acids is 1. The number of benzene rings is 3. The molecule has 0 saturated carbocycles. The minimum atomic E-state index is -1.67. The summed E-state index contributed by atoms with van der Waals surface area (Å²) in [7, 11) is 3.10. The number of carbonyl (C=O) groups is 2. The average molecular weight is 472 g/mol. The highest BCUT2D eigenvalue weighted by atomic mass is 35.5. The Balaban J connectivity index is 1.84. The highest BCUT2D eigenvalue weighted by Crippen LogP contribution is 2.51. The highest BCUT2D eigenvalue weighted by Gasteiger charge is 2.52. The lowest BCUT2D eigenvalue weighted by molar-refractivity contribution is -0.119. The molecular formula is C24H19Cl2NO5. The van der Waals surface area contributed by atoms with Gasteiger partial charge in [0.25, 0.3) is 5.91 Å². The Morgan fingerprint density at radius 3 is 2.47 bits per heavy atom. The van der Waals surface area contributed by atoms with Crippen molar-refractivity contribution in [1.82, 2.24) is 0 Å². The van der Waals surface area contributed by atoms with Crippen molar-refractivity contribution in [3.8, 4) is 11.5 Å². The predicted octanol–water partition coefficient (Wildman–Crippen LogP) is 5.08. The van der Waals surface area contributed by atoms with Gasteiger partial charge in [0.2, 0.25) is 0 Å². The second-order valence-corrected chi connectivity index (χ2v) is 8.22. The van der Waals surface area contributed by atoms with E-state index in [0.29, 0.717) is 22.7 Å². The number of anilines is 1. The largest absolute Gasteiger partial charge is 0.497 e. The lowest BCUT2D eigenvalue weighted by Gasteiger charge is -2.24. The molecule has 4 rings (SSSR count). The standard InChI is InChI=1S/C24H19Cl2NO5/c1-31-16-9-7-15(21(12-16)32-2)13-27-20-6-4-3-5-17(20)24(26,23(27)30)18-11-14(22(28)29)8-10-19(18)25/h3-12H,13H2,1-2H3,(H,28,29). The molecule has 1 amide bonds. The number of methoxy groups -OCH3 is 2. The van der Waals surface area contributed by atoms with Crippen LogP contribution in [-0.4, -0.2) is 31.2 Å². The molecule has 8 heteroatoms. The number of amides is 1. The van der Waals surface area contributed by atoms with Crippen LogP contribution in [0.2, 0.25) is 5.02 Å². The zero-order valence-corrected chi connectivity index (χ0v) is 18.8. The summed E-state index contributed by atoms with van der Waals surface area (Å²) in [4.78, 5) is 25.2. The summed E-state index contributed by atoms with van der Waals surface area (Å²) < 4.78 is 10.7. The number of rotatable bonds is 6. The minimum Gasteiger partial charge on any atom is -0.497 e. The second-order valence-electron chi connectivity index (χ2n) is 7.24. The topological polar surface area (TPSA) is 76.1 Å². The molecule has 164 valence electrons. The molecule has 1 atom stereocenters. The quantitative estimate of drug-likeness (QED) is 0.507. The van der Waals surface area contributed by atoms with Crippen molar-refractivity contribution in [3.63, 3.8) is 0 Å². The van der Waals surface area contributed by atoms with E-state index in [2.05, 4.69) is 0 Å². The van der Waals surface area contributed by atoms with E-state index >= 15 is 0 Å². The van der Waals surface area contributed by atoms with Crippen LogP contribution >= 0.6 is 23.2 Å². The monoisotopic (exact) mass is 471 g/mol. The molecule has 1 heterocycles. The molecule has 3 aromatic carbocycles. The molecule has 1 aliphatic heterocycles. The smallest absolute Gasteiger partial charge is 0.335 e. The van der Waals surface area contributed by atoms with Gasteiger partial charge in [0.1, 0.15) is 11.5 Å². The van der Waals surface area contributed by atoms with Crippen molar-refractivity contribution < 1.29 is 24.2 Å². The average Bonchev–Trinajstić information content (AvgIpc) is 3.02. The lowest BCUT2D eigenvalue weighted by Crippen LogP contribution is -2.37. The Morgan fingerprint density at radius 1 is 1.03 bits per heavy atom. The third-order valence-electron chi connectivity index (χ3n) is 5.51. The first-order valence-corrected chi connectivity index (χ1v) is 10.4. The summed E-state index contributed by atoms with van der Waals surface area (Å²) in [6.45, 7) is 0.188. The minimum absolute atomic E-state index is 0.00928. The summed E-state index contributed by atoms with van der Waals surface area (Å²) in [5.41, 5.74) is 2.11. The molecule has 32 heavy (non-hydrogen) atoms. The molecule has 1 unspecified atom stereocenters. The maximum absolute atomic E-state index is 13.8. The van der Waals surface area contributed by atoms with E-state index < -0.39 is 16.8 Å². The van der Waals surface area contributed by atoms with Crippen molar-refractivity contribution in [2.24, 2.45) is 0 Å². The number of hydrogen-bond donors (Lipinski definition) is 1. The summed E-state index contributed by atoms with van der Waals surface area (Å²) in [6, 6.07) is 16.6. The first kappa shape index (κ1) is 22.0. The fourth-order valence-electron chi connectivity index (χ4n) is 3.90. The number of fused-ring (bicyclic) bond motifs is 1. The number of ether oxygens (including phenoxy) is 2. The predicted molar refractivity (Wildman–Crippen MR) is 122 cm³/mol. The maximum atomic E-state index is 13.8. The van der Waals surface area contributed by atoms with Crippen LogP contribution in [0.25, 0.3) is 0 Å². The van der Waals surface area contributed by atoms with Gasteiger partial charge in [-0.3, -0.25) is 4.79 Å². The molecular weight excluding hydrogens is 453 g/mol. The number of carbonyl (C=O) groups excluding carboxylic acids is 1. The van der Waals surface area contributed by atoms with Crippen LogP contribution in [0.3, 0.4) is 0 Å². The summed E-state index contributed by atoms with van der Waals surface area (Å²) in [5.74, 6) is -0.375. The van der Waals surface area contributed by atoms with Crippen molar-refractivity contribution in [2.45, 2.75) is 11.4 Å². The van der Waals surface area contributed by atoms with E-state index in [1.165, 1.54) is 18.2 Å². The molecule has 0 saturated heterocycles. The van der Waals surface area contributed by atoms with Gasteiger partial charge < -0.3 is 19.5 Å². The van der Waals surface area contributed by atoms with E-state index in [-0.39, 0.29) is 22.7 Å². The normalized spacial score (nSPS) is 17.2. The van der Waals surface area contributed by atoms with Gasteiger partial charge in [-0.05, 0) is 36.4 Å². The van der Waals surface area contributed by atoms with Gasteiger partial charge in [0.15, 0.2) is 4.87 Å². The number of halogens is 2. The highest BCUT2D eigenvalue weighted by molar-refractivity contribution is 6.43. The Labute approximate surface area is 194 Å².